The lowest BCUT2D eigenvalue weighted by Crippen LogP contribution is -2.45. The summed E-state index contributed by atoms with van der Waals surface area (Å²) in [5, 5.41) is 6.58. The maximum atomic E-state index is 13.0. The second kappa shape index (κ2) is 11.4. The van der Waals surface area contributed by atoms with E-state index in [0.29, 0.717) is 35.6 Å². The topological polar surface area (TPSA) is 91.2 Å². The second-order valence-electron chi connectivity index (χ2n) is 8.33. The van der Waals surface area contributed by atoms with E-state index in [0.717, 1.165) is 23.3 Å². The molecule has 4 rings (SSSR count). The standard InChI is InChI=1S/C26H22ClF3N4O3S/c27-21-10-6-19(7-11-21)24-23(18-4-2-1-3-5-18)14-16-34(32-24)25(31-15-17-35)33-38(36,37)22-12-8-20(9-13-22)26(28,29)30/h1-13,17,23H,14-16H2,(H,31,33). The van der Waals surface area contributed by atoms with E-state index in [-0.39, 0.29) is 25.0 Å². The number of hydrogen-bond donors (Lipinski definition) is 1. The zero-order valence-electron chi connectivity index (χ0n) is 19.8. The summed E-state index contributed by atoms with van der Waals surface area (Å²) in [6.45, 7) is -0.0981. The van der Waals surface area contributed by atoms with Crippen molar-refractivity contribution in [3.63, 3.8) is 0 Å². The van der Waals surface area contributed by atoms with Crippen LogP contribution in [0.2, 0.25) is 5.02 Å². The Labute approximate surface area is 222 Å². The monoisotopic (exact) mass is 562 g/mol. The number of guanidine groups is 1. The van der Waals surface area contributed by atoms with Gasteiger partial charge in [-0.1, -0.05) is 54.1 Å². The van der Waals surface area contributed by atoms with Crippen LogP contribution in [0, 0.1) is 0 Å². The Hall–Kier alpha value is -3.70. The van der Waals surface area contributed by atoms with Gasteiger partial charge in [0.25, 0.3) is 10.0 Å². The molecule has 3 aromatic rings. The SMILES string of the molecule is O=CCN=C(NS(=O)(=O)c1ccc(C(F)(F)F)cc1)N1CCC(c2ccccc2)C(c2ccc(Cl)cc2)=N1. The van der Waals surface area contributed by atoms with Gasteiger partial charge in [-0.05, 0) is 53.9 Å². The Balaban J connectivity index is 1.70. The Morgan fingerprint density at radius 2 is 1.71 bits per heavy atom. The van der Waals surface area contributed by atoms with Gasteiger partial charge < -0.3 is 4.79 Å². The van der Waals surface area contributed by atoms with Crippen LogP contribution in [0.3, 0.4) is 0 Å². The van der Waals surface area contributed by atoms with Crippen LogP contribution in [0.1, 0.15) is 29.0 Å². The van der Waals surface area contributed by atoms with Crippen molar-refractivity contribution in [2.24, 2.45) is 10.1 Å². The van der Waals surface area contributed by atoms with Crippen LogP contribution in [0.25, 0.3) is 0 Å². The highest BCUT2D eigenvalue weighted by atomic mass is 35.5. The summed E-state index contributed by atoms with van der Waals surface area (Å²) in [7, 11) is -4.35. The minimum absolute atomic E-state index is 0.118. The van der Waals surface area contributed by atoms with E-state index in [2.05, 4.69) is 9.71 Å². The van der Waals surface area contributed by atoms with Crippen LogP contribution in [-0.4, -0.2) is 44.5 Å². The lowest BCUT2D eigenvalue weighted by molar-refractivity contribution is -0.137. The van der Waals surface area contributed by atoms with Crippen LogP contribution in [0.4, 0.5) is 13.2 Å². The maximum absolute atomic E-state index is 13.0. The predicted octanol–water partition coefficient (Wildman–Crippen LogP) is 5.09. The van der Waals surface area contributed by atoms with Crippen molar-refractivity contribution < 1.29 is 26.4 Å². The van der Waals surface area contributed by atoms with Crippen molar-refractivity contribution in [2.75, 3.05) is 13.1 Å². The Morgan fingerprint density at radius 1 is 1.05 bits per heavy atom. The Morgan fingerprint density at radius 3 is 2.32 bits per heavy atom. The first-order valence-electron chi connectivity index (χ1n) is 11.4. The predicted molar refractivity (Wildman–Crippen MR) is 139 cm³/mol. The molecule has 0 fully saturated rings. The molecule has 3 aromatic carbocycles. The van der Waals surface area contributed by atoms with Gasteiger partial charge in [0.2, 0.25) is 5.96 Å². The molecule has 1 atom stereocenters. The van der Waals surface area contributed by atoms with Gasteiger partial charge in [0.05, 0.1) is 22.7 Å². The molecular formula is C26H22ClF3N4O3S. The van der Waals surface area contributed by atoms with E-state index < -0.39 is 26.7 Å². The van der Waals surface area contributed by atoms with Crippen molar-refractivity contribution in [1.82, 2.24) is 9.73 Å². The molecule has 7 nitrogen and oxygen atoms in total. The Bertz CT molecular complexity index is 1440. The lowest BCUT2D eigenvalue weighted by Gasteiger charge is -2.32. The zero-order valence-corrected chi connectivity index (χ0v) is 21.3. The molecule has 1 unspecified atom stereocenters. The number of rotatable bonds is 6. The van der Waals surface area contributed by atoms with E-state index in [1.807, 2.05) is 30.3 Å². The third kappa shape index (κ3) is 6.40. The van der Waals surface area contributed by atoms with Gasteiger partial charge in [0, 0.05) is 17.5 Å². The van der Waals surface area contributed by atoms with Crippen molar-refractivity contribution >= 4 is 39.6 Å². The minimum Gasteiger partial charge on any atom is -0.301 e. The highest BCUT2D eigenvalue weighted by Crippen LogP contribution is 2.31. The lowest BCUT2D eigenvalue weighted by atomic mass is 9.86. The van der Waals surface area contributed by atoms with Crippen LogP contribution >= 0.6 is 11.6 Å². The van der Waals surface area contributed by atoms with E-state index in [1.54, 1.807) is 24.3 Å². The van der Waals surface area contributed by atoms with Crippen molar-refractivity contribution in [1.29, 1.82) is 0 Å². The third-order valence-corrected chi connectivity index (χ3v) is 7.40. The molecule has 0 saturated carbocycles. The summed E-state index contributed by atoms with van der Waals surface area (Å²) in [5.74, 6) is -0.345. The molecule has 0 radical (unpaired) electrons. The van der Waals surface area contributed by atoms with Crippen molar-refractivity contribution in [2.45, 2.75) is 23.4 Å². The zero-order chi connectivity index (χ0) is 27.3. The molecule has 1 aliphatic heterocycles. The van der Waals surface area contributed by atoms with E-state index >= 15 is 0 Å². The van der Waals surface area contributed by atoms with Crippen molar-refractivity contribution in [3.8, 4) is 0 Å². The van der Waals surface area contributed by atoms with Gasteiger partial charge in [-0.2, -0.15) is 18.3 Å². The number of carbonyl (C=O) groups excluding carboxylic acids is 1. The number of hydrazone groups is 1. The molecule has 12 heteroatoms. The van der Waals surface area contributed by atoms with Crippen LogP contribution in [0.15, 0.2) is 93.9 Å². The molecule has 1 heterocycles. The normalized spacial score (nSPS) is 16.6. The fourth-order valence-electron chi connectivity index (χ4n) is 3.97. The fourth-order valence-corrected chi connectivity index (χ4v) is 5.12. The summed E-state index contributed by atoms with van der Waals surface area (Å²) in [6, 6.07) is 19.8. The molecule has 0 aromatic heterocycles. The molecule has 0 bridgehead atoms. The number of nitrogens with one attached hydrogen (secondary N) is 1. The van der Waals surface area contributed by atoms with Crippen LogP contribution in [-0.2, 0) is 21.0 Å². The van der Waals surface area contributed by atoms with E-state index in [1.165, 1.54) is 5.01 Å². The third-order valence-electron chi connectivity index (χ3n) is 5.81. The second-order valence-corrected chi connectivity index (χ2v) is 10.4. The molecule has 0 aliphatic carbocycles. The Kier molecular flexibility index (Phi) is 8.17. The molecule has 1 aliphatic rings. The van der Waals surface area contributed by atoms with Gasteiger partial charge in [-0.3, -0.25) is 0 Å². The number of alkyl halides is 3. The number of hydrogen-bond acceptors (Lipinski definition) is 5. The number of sulfonamides is 1. The first-order chi connectivity index (χ1) is 18.1. The van der Waals surface area contributed by atoms with Gasteiger partial charge in [-0.15, -0.1) is 0 Å². The fraction of sp³-hybridized carbons (Fsp3) is 0.192. The quantitative estimate of drug-likeness (QED) is 0.257. The molecule has 38 heavy (non-hydrogen) atoms. The molecule has 198 valence electrons. The van der Waals surface area contributed by atoms with E-state index in [9.17, 15) is 26.4 Å². The number of aldehydes is 1. The highest BCUT2D eigenvalue weighted by molar-refractivity contribution is 7.90. The summed E-state index contributed by atoms with van der Waals surface area (Å²) >= 11 is 6.06. The summed E-state index contributed by atoms with van der Waals surface area (Å²) in [6.07, 6.45) is -3.58. The largest absolute Gasteiger partial charge is 0.416 e. The number of carbonyl (C=O) groups is 1. The average molecular weight is 563 g/mol. The van der Waals surface area contributed by atoms with Gasteiger partial charge >= 0.3 is 6.18 Å². The molecule has 0 spiro atoms. The number of benzene rings is 3. The molecule has 0 amide bonds. The van der Waals surface area contributed by atoms with Gasteiger partial charge in [-0.25, -0.2) is 23.1 Å². The summed E-state index contributed by atoms with van der Waals surface area (Å²) < 4.78 is 67.1. The number of aliphatic imine (C=N–C) groups is 1. The van der Waals surface area contributed by atoms with Gasteiger partial charge in [0.1, 0.15) is 6.29 Å². The maximum Gasteiger partial charge on any atom is 0.416 e. The molecule has 0 saturated heterocycles. The first-order valence-corrected chi connectivity index (χ1v) is 13.3. The van der Waals surface area contributed by atoms with Crippen LogP contribution in [0.5, 0.6) is 0 Å². The molecule has 1 N–H and O–H groups in total. The average Bonchev–Trinajstić information content (AvgIpc) is 2.91. The smallest absolute Gasteiger partial charge is 0.301 e. The highest BCUT2D eigenvalue weighted by Gasteiger charge is 2.32. The number of nitrogens with zero attached hydrogens (tertiary/aromatic N) is 3. The van der Waals surface area contributed by atoms with Crippen molar-refractivity contribution in [3.05, 3.63) is 101 Å². The summed E-state index contributed by atoms with van der Waals surface area (Å²) in [4.78, 5) is 14.7. The van der Waals surface area contributed by atoms with Gasteiger partial charge in [0.15, 0.2) is 0 Å². The summed E-state index contributed by atoms with van der Waals surface area (Å²) in [5.41, 5.74) is 1.42. The van der Waals surface area contributed by atoms with Crippen LogP contribution < -0.4 is 4.72 Å². The first kappa shape index (κ1) is 27.3. The minimum atomic E-state index is -4.61. The number of halogens is 4. The van der Waals surface area contributed by atoms with E-state index in [4.69, 9.17) is 16.7 Å². The molecular weight excluding hydrogens is 541 g/mol.